The van der Waals surface area contributed by atoms with Gasteiger partial charge >= 0.3 is 0 Å². The van der Waals surface area contributed by atoms with Gasteiger partial charge in [-0.1, -0.05) is 19.4 Å². The molecule has 0 aliphatic carbocycles. The molecule has 0 fully saturated rings. The number of nitrogens with one attached hydrogen (secondary N) is 1. The van der Waals surface area contributed by atoms with Crippen LogP contribution in [0.5, 0.6) is 5.75 Å². The molecule has 0 saturated carbocycles. The summed E-state index contributed by atoms with van der Waals surface area (Å²) < 4.78 is 6.17. The van der Waals surface area contributed by atoms with E-state index in [1.807, 2.05) is 6.07 Å². The highest BCUT2D eigenvalue weighted by Crippen LogP contribution is 2.25. The molecule has 1 atom stereocenters. The van der Waals surface area contributed by atoms with E-state index in [0.29, 0.717) is 0 Å². The van der Waals surface area contributed by atoms with Gasteiger partial charge in [0, 0.05) is 18.5 Å². The zero-order valence-corrected chi connectivity index (χ0v) is 12.6. The summed E-state index contributed by atoms with van der Waals surface area (Å²) in [4.78, 5) is 0. The summed E-state index contributed by atoms with van der Waals surface area (Å²) in [6.45, 7) is 3.82. The number of ether oxygens (including phenoxy) is 1. The van der Waals surface area contributed by atoms with Gasteiger partial charge in [-0.05, 0) is 40.0 Å². The highest BCUT2D eigenvalue weighted by Gasteiger charge is 2.04. The first-order valence-electron chi connectivity index (χ1n) is 5.84. The number of hydrogen-bond acceptors (Lipinski definition) is 2. The van der Waals surface area contributed by atoms with E-state index in [9.17, 15) is 0 Å². The average molecular weight is 321 g/mol. The molecule has 17 heavy (non-hydrogen) atoms. The Balaban J connectivity index is 2.39. The van der Waals surface area contributed by atoms with Crippen molar-refractivity contribution >= 4 is 27.5 Å². The Morgan fingerprint density at radius 2 is 2.24 bits per heavy atom. The van der Waals surface area contributed by atoms with Crippen molar-refractivity contribution in [1.82, 2.24) is 5.32 Å². The lowest BCUT2D eigenvalue weighted by molar-refractivity contribution is 0.412. The summed E-state index contributed by atoms with van der Waals surface area (Å²) in [5.74, 6) is 0.856. The Morgan fingerprint density at radius 3 is 2.82 bits per heavy atom. The molecular formula is C13H19BrClNO. The van der Waals surface area contributed by atoms with Crippen molar-refractivity contribution in [3.63, 3.8) is 0 Å². The van der Waals surface area contributed by atoms with Gasteiger partial charge in [-0.3, -0.25) is 0 Å². The van der Waals surface area contributed by atoms with E-state index < -0.39 is 0 Å². The number of benzene rings is 1. The van der Waals surface area contributed by atoms with Crippen LogP contribution in [-0.2, 0) is 6.54 Å². The summed E-state index contributed by atoms with van der Waals surface area (Å²) in [7, 11) is 1.67. The first-order valence-corrected chi connectivity index (χ1v) is 7.07. The normalized spacial score (nSPS) is 12.5. The van der Waals surface area contributed by atoms with Gasteiger partial charge in [-0.2, -0.15) is 0 Å². The topological polar surface area (TPSA) is 21.3 Å². The van der Waals surface area contributed by atoms with E-state index in [4.69, 9.17) is 16.3 Å². The summed E-state index contributed by atoms with van der Waals surface area (Å²) in [5.41, 5.74) is 1.22. The van der Waals surface area contributed by atoms with Crippen LogP contribution in [0.25, 0.3) is 0 Å². The number of alkyl halides is 1. The fourth-order valence-electron chi connectivity index (χ4n) is 1.61. The number of rotatable bonds is 7. The van der Waals surface area contributed by atoms with Crippen LogP contribution in [0.4, 0.5) is 0 Å². The predicted molar refractivity (Wildman–Crippen MR) is 76.9 cm³/mol. The summed E-state index contributed by atoms with van der Waals surface area (Å²) in [6, 6.07) is 6.08. The third-order valence-corrected chi connectivity index (χ3v) is 3.51. The largest absolute Gasteiger partial charge is 0.496 e. The van der Waals surface area contributed by atoms with Crippen LogP contribution in [0.3, 0.4) is 0 Å². The predicted octanol–water partition coefficient (Wildman–Crippen LogP) is 3.95. The number of methoxy groups -OCH3 is 1. The molecule has 1 aromatic carbocycles. The Kier molecular flexibility index (Phi) is 6.93. The van der Waals surface area contributed by atoms with Crippen LogP contribution in [0, 0.1) is 0 Å². The minimum Gasteiger partial charge on any atom is -0.496 e. The van der Waals surface area contributed by atoms with Crippen molar-refractivity contribution in [3.8, 4) is 5.75 Å². The molecule has 0 aromatic heterocycles. The first kappa shape index (κ1) is 14.8. The van der Waals surface area contributed by atoms with Crippen LogP contribution in [0.2, 0.25) is 0 Å². The molecule has 1 rings (SSSR count). The monoisotopic (exact) mass is 319 g/mol. The third-order valence-electron chi connectivity index (χ3n) is 2.51. The highest BCUT2D eigenvalue weighted by molar-refractivity contribution is 9.10. The van der Waals surface area contributed by atoms with Crippen LogP contribution in [-0.4, -0.2) is 19.0 Å². The molecule has 1 aromatic rings. The van der Waals surface area contributed by atoms with Gasteiger partial charge in [0.1, 0.15) is 5.75 Å². The molecule has 1 unspecified atom stereocenters. The van der Waals surface area contributed by atoms with Gasteiger partial charge < -0.3 is 10.1 Å². The zero-order chi connectivity index (χ0) is 12.7. The maximum Gasteiger partial charge on any atom is 0.133 e. The molecule has 2 nitrogen and oxygen atoms in total. The van der Waals surface area contributed by atoms with Gasteiger partial charge in [0.05, 0.1) is 11.6 Å². The quantitative estimate of drug-likeness (QED) is 0.768. The highest BCUT2D eigenvalue weighted by atomic mass is 79.9. The van der Waals surface area contributed by atoms with E-state index in [-0.39, 0.29) is 5.38 Å². The average Bonchev–Trinajstić information content (AvgIpc) is 2.29. The smallest absolute Gasteiger partial charge is 0.133 e. The minimum atomic E-state index is 0.224. The van der Waals surface area contributed by atoms with Gasteiger partial charge in [-0.15, -0.1) is 11.6 Å². The minimum absolute atomic E-state index is 0.224. The molecule has 1 N–H and O–H groups in total. The molecular weight excluding hydrogens is 302 g/mol. The molecule has 0 saturated heterocycles. The molecule has 4 heteroatoms. The van der Waals surface area contributed by atoms with Gasteiger partial charge in [0.15, 0.2) is 0 Å². The Morgan fingerprint density at radius 1 is 1.47 bits per heavy atom. The molecule has 0 spiro atoms. The maximum absolute atomic E-state index is 6.13. The molecule has 0 heterocycles. The first-order chi connectivity index (χ1) is 8.17. The Bertz CT molecular complexity index is 346. The van der Waals surface area contributed by atoms with Gasteiger partial charge in [-0.25, -0.2) is 0 Å². The zero-order valence-electron chi connectivity index (χ0n) is 10.3. The van der Waals surface area contributed by atoms with E-state index in [2.05, 4.69) is 40.3 Å². The number of hydrogen-bond donors (Lipinski definition) is 1. The second kappa shape index (κ2) is 7.96. The van der Waals surface area contributed by atoms with Crippen LogP contribution in [0.1, 0.15) is 25.3 Å². The second-order valence-corrected chi connectivity index (χ2v) is 5.46. The van der Waals surface area contributed by atoms with Crippen molar-refractivity contribution in [1.29, 1.82) is 0 Å². The molecule has 0 aliphatic rings. The molecule has 0 radical (unpaired) electrons. The number of halogens is 2. The van der Waals surface area contributed by atoms with Crippen molar-refractivity contribution in [3.05, 3.63) is 28.2 Å². The summed E-state index contributed by atoms with van der Waals surface area (Å²) in [6.07, 6.45) is 2.19. The molecule has 96 valence electrons. The molecule has 0 amide bonds. The van der Waals surface area contributed by atoms with E-state index in [0.717, 1.165) is 36.2 Å². The maximum atomic E-state index is 6.13. The fraction of sp³-hybridized carbons (Fsp3) is 0.538. The Hall–Kier alpha value is -0.250. The molecule has 0 bridgehead atoms. The fourth-order valence-corrected chi connectivity index (χ4v) is 2.52. The van der Waals surface area contributed by atoms with Gasteiger partial charge in [0.25, 0.3) is 0 Å². The van der Waals surface area contributed by atoms with Gasteiger partial charge in [0.2, 0.25) is 0 Å². The lowest BCUT2D eigenvalue weighted by Crippen LogP contribution is -2.22. The van der Waals surface area contributed by atoms with Crippen LogP contribution < -0.4 is 10.1 Å². The second-order valence-electron chi connectivity index (χ2n) is 3.99. The lowest BCUT2D eigenvalue weighted by Gasteiger charge is -2.10. The van der Waals surface area contributed by atoms with Crippen molar-refractivity contribution < 1.29 is 4.74 Å². The summed E-state index contributed by atoms with van der Waals surface area (Å²) in [5, 5.41) is 3.58. The molecule has 0 aliphatic heterocycles. The van der Waals surface area contributed by atoms with E-state index >= 15 is 0 Å². The van der Waals surface area contributed by atoms with Crippen molar-refractivity contribution in [2.45, 2.75) is 31.7 Å². The van der Waals surface area contributed by atoms with E-state index in [1.54, 1.807) is 7.11 Å². The standard InChI is InChI=1S/C13H19BrClNO/c1-3-4-11(15)9-16-8-10-5-6-13(17-2)12(14)7-10/h5-7,11,16H,3-4,8-9H2,1-2H3. The summed E-state index contributed by atoms with van der Waals surface area (Å²) >= 11 is 9.61. The van der Waals surface area contributed by atoms with Crippen LogP contribution in [0.15, 0.2) is 22.7 Å². The van der Waals surface area contributed by atoms with Crippen molar-refractivity contribution in [2.75, 3.05) is 13.7 Å². The van der Waals surface area contributed by atoms with Crippen LogP contribution >= 0.6 is 27.5 Å². The third kappa shape index (κ3) is 5.28. The lowest BCUT2D eigenvalue weighted by atomic mass is 10.2. The van der Waals surface area contributed by atoms with Crippen molar-refractivity contribution in [2.24, 2.45) is 0 Å². The van der Waals surface area contributed by atoms with E-state index in [1.165, 1.54) is 5.56 Å². The SMILES string of the molecule is CCCC(Cl)CNCc1ccc(OC)c(Br)c1. The Labute approximate surface area is 117 Å².